The fourth-order valence-corrected chi connectivity index (χ4v) is 6.62. The summed E-state index contributed by atoms with van der Waals surface area (Å²) in [6.45, 7) is 3.30. The van der Waals surface area contributed by atoms with E-state index in [-0.39, 0.29) is 17.1 Å². The molecule has 0 bridgehead atoms. The summed E-state index contributed by atoms with van der Waals surface area (Å²) in [6, 6.07) is 32.0. The van der Waals surface area contributed by atoms with Gasteiger partial charge in [0.05, 0.1) is 33.4 Å². The number of amides is 3. The Balaban J connectivity index is 1.46. The molecule has 0 saturated heterocycles. The first-order chi connectivity index (χ1) is 22.7. The summed E-state index contributed by atoms with van der Waals surface area (Å²) in [5.74, 6) is -4.24. The fraction of sp³-hybridized carbons (Fsp3) is 0.143. The molecule has 12 heteroatoms. The van der Waals surface area contributed by atoms with Crippen LogP contribution in [0.5, 0.6) is 0 Å². The second-order valence-electron chi connectivity index (χ2n) is 11.4. The Labute approximate surface area is 269 Å². The first kappa shape index (κ1) is 29.4. The maximum atomic E-state index is 15.1. The molecule has 3 heterocycles. The van der Waals surface area contributed by atoms with Crippen LogP contribution in [0.3, 0.4) is 0 Å². The van der Waals surface area contributed by atoms with Gasteiger partial charge >= 0.3 is 0 Å². The molecule has 7 rings (SSSR count). The molecule has 0 aliphatic carbocycles. The number of hydrazone groups is 3. The maximum Gasteiger partial charge on any atom is 0.269 e. The molecule has 4 aromatic carbocycles. The molecule has 0 spiro atoms. The summed E-state index contributed by atoms with van der Waals surface area (Å²) in [6.07, 6.45) is 0. The highest BCUT2D eigenvalue weighted by Crippen LogP contribution is 2.52. The summed E-state index contributed by atoms with van der Waals surface area (Å²) >= 11 is 0. The summed E-state index contributed by atoms with van der Waals surface area (Å²) in [5, 5.41) is 29.3. The molecule has 12 nitrogen and oxygen atoms in total. The summed E-state index contributed by atoms with van der Waals surface area (Å²) in [4.78, 5) is 55.5. The standard InChI is InChI=1S/C35H27N7O5/c1-22-29(32(43)39(36-22)25-12-6-3-7-13-25)35(23(2)37-41(34(35)45)27-16-10-5-11-17-27)30-31(24-18-20-28(21-19-24)42(46)47)38-40(33(30)44)26-14-8-4-9-15-26/h3-21,29-30H,1-2H3/t29-,30-,35+/m1/s1. The van der Waals surface area contributed by atoms with Crippen molar-refractivity contribution in [2.75, 3.05) is 15.0 Å². The second-order valence-corrected chi connectivity index (χ2v) is 11.4. The lowest BCUT2D eigenvalue weighted by atomic mass is 9.59. The minimum Gasteiger partial charge on any atom is -0.272 e. The van der Waals surface area contributed by atoms with Crippen LogP contribution < -0.4 is 15.0 Å². The number of nitro benzene ring substituents is 1. The molecule has 3 amide bonds. The van der Waals surface area contributed by atoms with Crippen LogP contribution >= 0.6 is 0 Å². The number of hydrogen-bond acceptors (Lipinski definition) is 8. The lowest BCUT2D eigenvalue weighted by molar-refractivity contribution is -0.384. The van der Waals surface area contributed by atoms with Crippen molar-refractivity contribution in [2.24, 2.45) is 32.6 Å². The third kappa shape index (κ3) is 4.52. The van der Waals surface area contributed by atoms with Gasteiger partial charge in [-0.15, -0.1) is 0 Å². The number of para-hydroxylation sites is 3. The van der Waals surface area contributed by atoms with Crippen LogP contribution in [0.4, 0.5) is 22.7 Å². The molecule has 3 aliphatic rings. The highest BCUT2D eigenvalue weighted by Gasteiger charge is 2.69. The zero-order valence-corrected chi connectivity index (χ0v) is 25.3. The Kier molecular flexibility index (Phi) is 7.04. The predicted molar refractivity (Wildman–Crippen MR) is 177 cm³/mol. The van der Waals surface area contributed by atoms with E-state index in [0.717, 1.165) is 0 Å². The number of carbonyl (C=O) groups excluding carboxylic acids is 3. The number of nitro groups is 1. The SMILES string of the molecule is CC1=NN(c2ccccc2)C(=O)[C@@H]1[C@@]1([C@H]2C(=O)N(c3ccccc3)N=C2c2ccc([N+](=O)[O-])cc2)C(=O)N(c2ccccc2)N=C1C. The van der Waals surface area contributed by atoms with Gasteiger partial charge in [0.25, 0.3) is 23.4 Å². The Morgan fingerprint density at radius 1 is 0.617 bits per heavy atom. The smallest absolute Gasteiger partial charge is 0.269 e. The summed E-state index contributed by atoms with van der Waals surface area (Å²) in [5.41, 5.74) is 0.468. The van der Waals surface area contributed by atoms with E-state index >= 15 is 4.79 Å². The highest BCUT2D eigenvalue weighted by atomic mass is 16.6. The maximum absolute atomic E-state index is 15.1. The van der Waals surface area contributed by atoms with E-state index in [1.165, 1.54) is 39.3 Å². The Bertz CT molecular complexity index is 2010. The van der Waals surface area contributed by atoms with E-state index in [0.29, 0.717) is 28.3 Å². The number of carbonyl (C=O) groups is 3. The van der Waals surface area contributed by atoms with E-state index < -0.39 is 39.9 Å². The fourth-order valence-electron chi connectivity index (χ4n) is 6.62. The predicted octanol–water partition coefficient (Wildman–Crippen LogP) is 5.41. The van der Waals surface area contributed by atoms with Crippen LogP contribution in [-0.4, -0.2) is 39.8 Å². The van der Waals surface area contributed by atoms with Gasteiger partial charge in [-0.1, -0.05) is 54.6 Å². The van der Waals surface area contributed by atoms with E-state index in [1.54, 1.807) is 98.8 Å². The third-order valence-electron chi connectivity index (χ3n) is 8.75. The first-order valence-electron chi connectivity index (χ1n) is 14.8. The van der Waals surface area contributed by atoms with Gasteiger partial charge in [-0.2, -0.15) is 25.3 Å². The number of nitrogens with zero attached hydrogens (tertiary/aromatic N) is 7. The second kappa shape index (κ2) is 11.2. The van der Waals surface area contributed by atoms with Crippen molar-refractivity contribution < 1.29 is 19.3 Å². The molecule has 0 saturated carbocycles. The van der Waals surface area contributed by atoms with Crippen molar-refractivity contribution in [3.63, 3.8) is 0 Å². The van der Waals surface area contributed by atoms with E-state index in [4.69, 9.17) is 10.2 Å². The zero-order chi connectivity index (χ0) is 32.9. The number of non-ortho nitro benzene ring substituents is 1. The zero-order valence-electron chi connectivity index (χ0n) is 25.3. The lowest BCUT2D eigenvalue weighted by Gasteiger charge is -2.37. The van der Waals surface area contributed by atoms with E-state index in [9.17, 15) is 19.7 Å². The topological polar surface area (TPSA) is 141 Å². The van der Waals surface area contributed by atoms with Crippen molar-refractivity contribution in [2.45, 2.75) is 13.8 Å². The molecule has 4 aromatic rings. The van der Waals surface area contributed by atoms with Gasteiger partial charge in [0.15, 0.2) is 0 Å². The van der Waals surface area contributed by atoms with Crippen LogP contribution in [-0.2, 0) is 14.4 Å². The molecule has 3 aliphatic heterocycles. The number of anilines is 3. The number of benzene rings is 4. The van der Waals surface area contributed by atoms with Crippen LogP contribution in [0.1, 0.15) is 19.4 Å². The molecule has 0 unspecified atom stereocenters. The highest BCUT2D eigenvalue weighted by molar-refractivity contribution is 6.35. The lowest BCUT2D eigenvalue weighted by Crippen LogP contribution is -2.59. The van der Waals surface area contributed by atoms with Gasteiger partial charge in [-0.05, 0) is 67.9 Å². The monoisotopic (exact) mass is 625 g/mol. The molecule has 232 valence electrons. The normalized spacial score (nSPS) is 22.5. The molecule has 0 fully saturated rings. The van der Waals surface area contributed by atoms with Crippen molar-refractivity contribution in [3.05, 3.63) is 131 Å². The molecule has 0 aromatic heterocycles. The van der Waals surface area contributed by atoms with Gasteiger partial charge in [0.1, 0.15) is 17.3 Å². The van der Waals surface area contributed by atoms with Crippen LogP contribution in [0.25, 0.3) is 0 Å². The van der Waals surface area contributed by atoms with Crippen LogP contribution in [0, 0.1) is 27.4 Å². The molecule has 0 N–H and O–H groups in total. The van der Waals surface area contributed by atoms with Crippen molar-refractivity contribution in [1.29, 1.82) is 0 Å². The minimum atomic E-state index is -1.90. The summed E-state index contributed by atoms with van der Waals surface area (Å²) < 4.78 is 0. The van der Waals surface area contributed by atoms with Crippen LogP contribution in [0.15, 0.2) is 131 Å². The largest absolute Gasteiger partial charge is 0.272 e. The molecular weight excluding hydrogens is 598 g/mol. The minimum absolute atomic E-state index is 0.151. The summed E-state index contributed by atoms with van der Waals surface area (Å²) in [7, 11) is 0. The Hall–Kier alpha value is -6.30. The average molecular weight is 626 g/mol. The quantitative estimate of drug-likeness (QED) is 0.200. The van der Waals surface area contributed by atoms with Gasteiger partial charge < -0.3 is 0 Å². The van der Waals surface area contributed by atoms with Crippen LogP contribution in [0.2, 0.25) is 0 Å². The number of rotatable bonds is 7. The average Bonchev–Trinajstić information content (AvgIpc) is 3.69. The molecular formula is C35H27N7O5. The van der Waals surface area contributed by atoms with E-state index in [2.05, 4.69) is 5.10 Å². The van der Waals surface area contributed by atoms with Gasteiger partial charge in [0.2, 0.25) is 0 Å². The van der Waals surface area contributed by atoms with Gasteiger partial charge in [-0.25, -0.2) is 5.01 Å². The Morgan fingerprint density at radius 3 is 1.60 bits per heavy atom. The first-order valence-corrected chi connectivity index (χ1v) is 14.8. The Morgan fingerprint density at radius 2 is 1.09 bits per heavy atom. The van der Waals surface area contributed by atoms with Crippen molar-refractivity contribution >= 4 is 57.6 Å². The molecule has 3 atom stereocenters. The van der Waals surface area contributed by atoms with Crippen molar-refractivity contribution in [3.8, 4) is 0 Å². The van der Waals surface area contributed by atoms with Crippen molar-refractivity contribution in [1.82, 2.24) is 0 Å². The van der Waals surface area contributed by atoms with Gasteiger partial charge in [0, 0.05) is 17.8 Å². The third-order valence-corrected chi connectivity index (χ3v) is 8.75. The molecule has 47 heavy (non-hydrogen) atoms. The number of hydrogen-bond donors (Lipinski definition) is 0. The molecule has 0 radical (unpaired) electrons. The van der Waals surface area contributed by atoms with E-state index in [1.807, 2.05) is 6.07 Å². The van der Waals surface area contributed by atoms with Gasteiger partial charge in [-0.3, -0.25) is 24.5 Å².